The van der Waals surface area contributed by atoms with Crippen LogP contribution in [-0.4, -0.2) is 27.3 Å². The summed E-state index contributed by atoms with van der Waals surface area (Å²) in [5.41, 5.74) is 0.881. The predicted octanol–water partition coefficient (Wildman–Crippen LogP) is 3.75. The average molecular weight is 352 g/mol. The van der Waals surface area contributed by atoms with Gasteiger partial charge in [-0.1, -0.05) is 12.1 Å². The molecule has 0 aliphatic carbocycles. The highest BCUT2D eigenvalue weighted by molar-refractivity contribution is 5.92. The summed E-state index contributed by atoms with van der Waals surface area (Å²) >= 11 is 0. The number of carbonyl (C=O) groups excluding carboxylic acids is 1. The number of nitro benzene ring substituents is 1. The number of aromatic carboxylic acids is 1. The van der Waals surface area contributed by atoms with E-state index in [2.05, 4.69) is 4.98 Å². The van der Waals surface area contributed by atoms with E-state index in [1.165, 1.54) is 0 Å². The molecule has 1 heterocycles. The summed E-state index contributed by atoms with van der Waals surface area (Å²) in [5.74, 6) is -1.62. The van der Waals surface area contributed by atoms with Crippen molar-refractivity contribution in [2.24, 2.45) is 0 Å². The first-order valence-electron chi connectivity index (χ1n) is 7.45. The maximum atomic E-state index is 11.4. The summed E-state index contributed by atoms with van der Waals surface area (Å²) in [6.45, 7) is 1.88. The minimum Gasteiger partial charge on any atom is -0.478 e. The molecular formula is C18H12N2O6. The minimum absolute atomic E-state index is 0.0746. The summed E-state index contributed by atoms with van der Waals surface area (Å²) < 4.78 is 5.53. The highest BCUT2D eigenvalue weighted by Gasteiger charge is 2.19. The van der Waals surface area contributed by atoms with Crippen LogP contribution >= 0.6 is 0 Å². The molecule has 0 amide bonds. The first kappa shape index (κ1) is 17.0. The van der Waals surface area contributed by atoms with E-state index in [0.717, 1.165) is 29.1 Å². The maximum Gasteiger partial charge on any atom is 0.339 e. The second-order valence-corrected chi connectivity index (χ2v) is 5.54. The Morgan fingerprint density at radius 3 is 2.65 bits per heavy atom. The molecule has 3 aromatic rings. The third-order valence-corrected chi connectivity index (χ3v) is 3.70. The third-order valence-electron chi connectivity index (χ3n) is 3.70. The van der Waals surface area contributed by atoms with Gasteiger partial charge in [-0.25, -0.2) is 9.78 Å². The number of aromatic nitrogens is 1. The summed E-state index contributed by atoms with van der Waals surface area (Å²) in [6, 6.07) is 10.2. The molecule has 130 valence electrons. The number of benzene rings is 2. The molecule has 2 aromatic carbocycles. The number of nitro groups is 1. The van der Waals surface area contributed by atoms with Crippen LogP contribution in [0.2, 0.25) is 0 Å². The first-order chi connectivity index (χ1) is 12.4. The number of aryl methyl sites for hydroxylation is 1. The Kier molecular flexibility index (Phi) is 4.32. The summed E-state index contributed by atoms with van der Waals surface area (Å²) in [6.07, 6.45) is 0.549. The highest BCUT2D eigenvalue weighted by Crippen LogP contribution is 2.31. The Labute approximate surface area is 146 Å². The van der Waals surface area contributed by atoms with Crippen LogP contribution in [0.25, 0.3) is 10.9 Å². The lowest BCUT2D eigenvalue weighted by molar-refractivity contribution is -0.384. The molecule has 0 unspecified atom stereocenters. The lowest BCUT2D eigenvalue weighted by Gasteiger charge is -2.11. The Balaban J connectivity index is 2.12. The van der Waals surface area contributed by atoms with E-state index in [0.29, 0.717) is 11.8 Å². The first-order valence-corrected chi connectivity index (χ1v) is 7.45. The number of hydrogen-bond acceptors (Lipinski definition) is 6. The molecule has 0 spiro atoms. The number of nitrogens with zero attached hydrogens (tertiary/aromatic N) is 2. The number of hydrogen-bond donors (Lipinski definition) is 1. The van der Waals surface area contributed by atoms with Gasteiger partial charge in [0.05, 0.1) is 16.0 Å². The van der Waals surface area contributed by atoms with Gasteiger partial charge in [-0.3, -0.25) is 14.9 Å². The number of non-ortho nitro benzene ring substituents is 1. The van der Waals surface area contributed by atoms with Crippen LogP contribution in [-0.2, 0) is 0 Å². The van der Waals surface area contributed by atoms with Gasteiger partial charge in [0.2, 0.25) is 5.88 Å². The zero-order chi connectivity index (χ0) is 18.8. The predicted molar refractivity (Wildman–Crippen MR) is 92.0 cm³/mol. The number of ether oxygens (including phenoxy) is 1. The van der Waals surface area contributed by atoms with Crippen molar-refractivity contribution in [3.8, 4) is 11.6 Å². The van der Waals surface area contributed by atoms with Gasteiger partial charge in [-0.2, -0.15) is 0 Å². The Bertz CT molecular complexity index is 1060. The number of carboxylic acids is 1. The van der Waals surface area contributed by atoms with Crippen molar-refractivity contribution in [3.05, 3.63) is 69.3 Å². The van der Waals surface area contributed by atoms with Crippen molar-refractivity contribution >= 4 is 28.8 Å². The molecule has 26 heavy (non-hydrogen) atoms. The zero-order valence-corrected chi connectivity index (χ0v) is 13.5. The van der Waals surface area contributed by atoms with E-state index in [1.54, 1.807) is 12.1 Å². The number of fused-ring (bicyclic) bond motifs is 1. The lowest BCUT2D eigenvalue weighted by Crippen LogP contribution is -2.03. The molecule has 0 radical (unpaired) electrons. The van der Waals surface area contributed by atoms with Gasteiger partial charge in [0.25, 0.3) is 5.69 Å². The molecule has 1 N–H and O–H groups in total. The van der Waals surface area contributed by atoms with Crippen LogP contribution in [0, 0.1) is 17.0 Å². The second kappa shape index (κ2) is 6.60. The van der Waals surface area contributed by atoms with E-state index in [-0.39, 0.29) is 22.9 Å². The Hall–Kier alpha value is -3.81. The zero-order valence-electron chi connectivity index (χ0n) is 13.5. The van der Waals surface area contributed by atoms with E-state index in [1.807, 2.05) is 19.1 Å². The van der Waals surface area contributed by atoms with Gasteiger partial charge in [0.1, 0.15) is 11.3 Å². The summed E-state index contributed by atoms with van der Waals surface area (Å²) in [4.78, 5) is 37.2. The molecule has 0 fully saturated rings. The fourth-order valence-electron chi connectivity index (χ4n) is 2.43. The topological polar surface area (TPSA) is 120 Å². The van der Waals surface area contributed by atoms with Crippen molar-refractivity contribution in [1.82, 2.24) is 4.98 Å². The fourth-order valence-corrected chi connectivity index (χ4v) is 2.43. The molecule has 8 nitrogen and oxygen atoms in total. The SMILES string of the molecule is Cc1ccc2cc(C=O)c(Oc3ccc([N+](=O)[O-])cc3C(=O)O)nc2c1. The number of pyridine rings is 1. The molecule has 0 bridgehead atoms. The van der Waals surface area contributed by atoms with Crippen molar-refractivity contribution in [1.29, 1.82) is 0 Å². The van der Waals surface area contributed by atoms with Crippen LogP contribution in [0.1, 0.15) is 26.3 Å². The molecule has 8 heteroatoms. The molecule has 3 rings (SSSR count). The van der Waals surface area contributed by atoms with Gasteiger partial charge in [-0.05, 0) is 30.7 Å². The van der Waals surface area contributed by atoms with E-state index in [4.69, 9.17) is 4.74 Å². The van der Waals surface area contributed by atoms with Crippen molar-refractivity contribution in [3.63, 3.8) is 0 Å². The molecule has 0 atom stereocenters. The monoisotopic (exact) mass is 352 g/mol. The fraction of sp³-hybridized carbons (Fsp3) is 0.0556. The number of rotatable bonds is 5. The van der Waals surface area contributed by atoms with E-state index in [9.17, 15) is 24.8 Å². The normalized spacial score (nSPS) is 10.5. The van der Waals surface area contributed by atoms with E-state index < -0.39 is 16.5 Å². The smallest absolute Gasteiger partial charge is 0.339 e. The van der Waals surface area contributed by atoms with Crippen molar-refractivity contribution in [2.75, 3.05) is 0 Å². The van der Waals surface area contributed by atoms with Crippen LogP contribution in [0.4, 0.5) is 5.69 Å². The van der Waals surface area contributed by atoms with Gasteiger partial charge in [-0.15, -0.1) is 0 Å². The van der Waals surface area contributed by atoms with Crippen LogP contribution in [0.5, 0.6) is 11.6 Å². The molecule has 0 saturated carbocycles. The molecule has 0 aliphatic rings. The largest absolute Gasteiger partial charge is 0.478 e. The quantitative estimate of drug-likeness (QED) is 0.422. The summed E-state index contributed by atoms with van der Waals surface area (Å²) in [7, 11) is 0. The Morgan fingerprint density at radius 2 is 2.00 bits per heavy atom. The van der Waals surface area contributed by atoms with Crippen LogP contribution in [0.3, 0.4) is 0 Å². The Morgan fingerprint density at radius 1 is 1.23 bits per heavy atom. The molecule has 0 aliphatic heterocycles. The van der Waals surface area contributed by atoms with Crippen molar-refractivity contribution < 1.29 is 24.4 Å². The van der Waals surface area contributed by atoms with Gasteiger partial charge >= 0.3 is 5.97 Å². The average Bonchev–Trinajstić information content (AvgIpc) is 2.61. The van der Waals surface area contributed by atoms with Gasteiger partial charge < -0.3 is 9.84 Å². The number of aldehydes is 1. The standard InChI is InChI=1S/C18H12N2O6/c1-10-2-3-11-7-12(9-21)17(19-15(11)6-10)26-16-5-4-13(20(24)25)8-14(16)18(22)23/h2-9H,1H3,(H,22,23). The summed E-state index contributed by atoms with van der Waals surface area (Å²) in [5, 5.41) is 20.9. The lowest BCUT2D eigenvalue weighted by atomic mass is 10.1. The number of carboxylic acid groups (broad SMARTS) is 1. The van der Waals surface area contributed by atoms with Gasteiger partial charge in [0.15, 0.2) is 6.29 Å². The molecule has 0 saturated heterocycles. The van der Waals surface area contributed by atoms with E-state index >= 15 is 0 Å². The highest BCUT2D eigenvalue weighted by atomic mass is 16.6. The third kappa shape index (κ3) is 3.20. The number of carbonyl (C=O) groups is 2. The molecular weight excluding hydrogens is 340 g/mol. The van der Waals surface area contributed by atoms with Crippen molar-refractivity contribution in [2.45, 2.75) is 6.92 Å². The van der Waals surface area contributed by atoms with Gasteiger partial charge in [0, 0.05) is 17.5 Å². The maximum absolute atomic E-state index is 11.4. The van der Waals surface area contributed by atoms with Crippen LogP contribution < -0.4 is 4.74 Å². The van der Waals surface area contributed by atoms with Crippen LogP contribution in [0.15, 0.2) is 42.5 Å². The molecule has 1 aromatic heterocycles. The minimum atomic E-state index is -1.40. The second-order valence-electron chi connectivity index (χ2n) is 5.54.